The van der Waals surface area contributed by atoms with Gasteiger partial charge in [-0.3, -0.25) is 4.79 Å². The molecule has 94 valence electrons. The van der Waals surface area contributed by atoms with Gasteiger partial charge in [0.2, 0.25) is 0 Å². The number of nitrogens with zero attached hydrogens (tertiary/aromatic N) is 1. The van der Waals surface area contributed by atoms with Crippen molar-refractivity contribution >= 4 is 5.91 Å². The smallest absolute Gasteiger partial charge is 0.254 e. The second-order valence-corrected chi connectivity index (χ2v) is 4.36. The minimum Gasteiger partial charge on any atom is -0.336 e. The molecule has 0 radical (unpaired) electrons. The van der Waals surface area contributed by atoms with Gasteiger partial charge in [-0.15, -0.1) is 0 Å². The quantitative estimate of drug-likeness (QED) is 0.725. The summed E-state index contributed by atoms with van der Waals surface area (Å²) < 4.78 is 0. The number of carbonyl (C=O) groups is 1. The lowest BCUT2D eigenvalue weighted by Crippen LogP contribution is -2.33. The molecule has 1 amide bonds. The van der Waals surface area contributed by atoms with E-state index in [0.29, 0.717) is 6.04 Å². The monoisotopic (exact) mass is 233 g/mol. The number of hydrogen-bond donors (Lipinski definition) is 0. The van der Waals surface area contributed by atoms with Crippen LogP contribution in [0.3, 0.4) is 0 Å². The Balaban J connectivity index is 0.000000686. The molecule has 1 aliphatic heterocycles. The first-order chi connectivity index (χ1) is 8.18. The molecule has 17 heavy (non-hydrogen) atoms. The minimum absolute atomic E-state index is 0.184. The van der Waals surface area contributed by atoms with Crippen molar-refractivity contribution in [3.8, 4) is 0 Å². The van der Waals surface area contributed by atoms with Crippen LogP contribution in [-0.2, 0) is 0 Å². The SMILES string of the molecule is CC.Cc1cccc(C(=O)N2CCC[C@@H]2C)c1. The van der Waals surface area contributed by atoms with Crippen LogP contribution >= 0.6 is 0 Å². The molecule has 2 rings (SSSR count). The van der Waals surface area contributed by atoms with Crippen LogP contribution in [0.25, 0.3) is 0 Å². The molecule has 0 spiro atoms. The highest BCUT2D eigenvalue weighted by Crippen LogP contribution is 2.19. The van der Waals surface area contributed by atoms with E-state index in [1.165, 1.54) is 0 Å². The summed E-state index contributed by atoms with van der Waals surface area (Å²) in [5.41, 5.74) is 1.97. The van der Waals surface area contributed by atoms with Crippen LogP contribution < -0.4 is 0 Å². The molecule has 1 aromatic carbocycles. The summed E-state index contributed by atoms with van der Waals surface area (Å²) in [4.78, 5) is 14.1. The molecule has 2 heteroatoms. The van der Waals surface area contributed by atoms with Gasteiger partial charge in [0.25, 0.3) is 5.91 Å². The first-order valence-electron chi connectivity index (χ1n) is 6.56. The van der Waals surface area contributed by atoms with Gasteiger partial charge in [0.1, 0.15) is 0 Å². The number of benzene rings is 1. The molecule has 1 aromatic rings. The van der Waals surface area contributed by atoms with Crippen molar-refractivity contribution in [2.45, 2.75) is 46.6 Å². The molecule has 1 saturated heterocycles. The molecule has 1 heterocycles. The van der Waals surface area contributed by atoms with Crippen LogP contribution in [0.4, 0.5) is 0 Å². The highest BCUT2D eigenvalue weighted by Gasteiger charge is 2.25. The maximum atomic E-state index is 12.1. The maximum absolute atomic E-state index is 12.1. The number of aryl methyl sites for hydroxylation is 1. The third-order valence-corrected chi connectivity index (χ3v) is 3.08. The molecule has 1 fully saturated rings. The van der Waals surface area contributed by atoms with Crippen LogP contribution in [0.1, 0.15) is 49.5 Å². The van der Waals surface area contributed by atoms with Crippen LogP contribution in [-0.4, -0.2) is 23.4 Å². The zero-order valence-corrected chi connectivity index (χ0v) is 11.4. The predicted octanol–water partition coefficient (Wildman–Crippen LogP) is 3.65. The van der Waals surface area contributed by atoms with Crippen LogP contribution in [0, 0.1) is 6.92 Å². The molecule has 2 nitrogen and oxygen atoms in total. The molecular weight excluding hydrogens is 210 g/mol. The van der Waals surface area contributed by atoms with Gasteiger partial charge in [-0.1, -0.05) is 31.5 Å². The number of hydrogen-bond acceptors (Lipinski definition) is 1. The lowest BCUT2D eigenvalue weighted by molar-refractivity contribution is 0.0747. The Morgan fingerprint density at radius 1 is 1.35 bits per heavy atom. The Labute approximate surface area is 105 Å². The van der Waals surface area contributed by atoms with E-state index in [4.69, 9.17) is 0 Å². The minimum atomic E-state index is 0.184. The van der Waals surface area contributed by atoms with E-state index in [-0.39, 0.29) is 5.91 Å². The average Bonchev–Trinajstić information content (AvgIpc) is 2.77. The fourth-order valence-corrected chi connectivity index (χ4v) is 2.18. The summed E-state index contributed by atoms with van der Waals surface area (Å²) in [6.45, 7) is 9.05. The van der Waals surface area contributed by atoms with Crippen molar-refractivity contribution in [1.82, 2.24) is 4.90 Å². The van der Waals surface area contributed by atoms with Crippen molar-refractivity contribution in [1.29, 1.82) is 0 Å². The zero-order valence-electron chi connectivity index (χ0n) is 11.4. The molecule has 1 aliphatic rings. The molecule has 0 aromatic heterocycles. The highest BCUT2D eigenvalue weighted by molar-refractivity contribution is 5.94. The normalized spacial score (nSPS) is 18.6. The van der Waals surface area contributed by atoms with Gasteiger partial charge >= 0.3 is 0 Å². The average molecular weight is 233 g/mol. The van der Waals surface area contributed by atoms with Gasteiger partial charge in [0.15, 0.2) is 0 Å². The Kier molecular flexibility index (Phi) is 5.20. The standard InChI is InChI=1S/C13H17NO.C2H6/c1-10-5-3-7-12(9-10)13(15)14-8-4-6-11(14)2;1-2/h3,5,7,9,11H,4,6,8H2,1-2H3;1-2H3/t11-;/m0./s1. The maximum Gasteiger partial charge on any atom is 0.254 e. The van der Waals surface area contributed by atoms with E-state index in [2.05, 4.69) is 6.92 Å². The second-order valence-electron chi connectivity index (χ2n) is 4.36. The highest BCUT2D eigenvalue weighted by atomic mass is 16.2. The lowest BCUT2D eigenvalue weighted by Gasteiger charge is -2.21. The Bertz CT molecular complexity index is 373. The third-order valence-electron chi connectivity index (χ3n) is 3.08. The fourth-order valence-electron chi connectivity index (χ4n) is 2.18. The molecule has 0 bridgehead atoms. The Hall–Kier alpha value is -1.31. The zero-order chi connectivity index (χ0) is 12.8. The number of rotatable bonds is 1. The fraction of sp³-hybridized carbons (Fsp3) is 0.533. The summed E-state index contributed by atoms with van der Waals surface area (Å²) in [6.07, 6.45) is 2.27. The number of likely N-dealkylation sites (tertiary alicyclic amines) is 1. The molecule has 0 saturated carbocycles. The molecule has 0 unspecified atom stereocenters. The van der Waals surface area contributed by atoms with E-state index in [9.17, 15) is 4.79 Å². The molecule has 0 N–H and O–H groups in total. The Morgan fingerprint density at radius 3 is 2.59 bits per heavy atom. The second kappa shape index (κ2) is 6.43. The number of carbonyl (C=O) groups excluding carboxylic acids is 1. The van der Waals surface area contributed by atoms with Crippen molar-refractivity contribution in [3.05, 3.63) is 35.4 Å². The van der Waals surface area contributed by atoms with Crippen molar-refractivity contribution in [3.63, 3.8) is 0 Å². The summed E-state index contributed by atoms with van der Waals surface area (Å²) >= 11 is 0. The van der Waals surface area contributed by atoms with Gasteiger partial charge in [-0.05, 0) is 38.8 Å². The van der Waals surface area contributed by atoms with Crippen molar-refractivity contribution in [2.75, 3.05) is 6.54 Å². The third kappa shape index (κ3) is 3.32. The largest absolute Gasteiger partial charge is 0.336 e. The van der Waals surface area contributed by atoms with Crippen LogP contribution in [0.2, 0.25) is 0 Å². The number of amides is 1. The van der Waals surface area contributed by atoms with Crippen molar-refractivity contribution in [2.24, 2.45) is 0 Å². The summed E-state index contributed by atoms with van der Waals surface area (Å²) in [7, 11) is 0. The summed E-state index contributed by atoms with van der Waals surface area (Å²) in [5, 5.41) is 0. The van der Waals surface area contributed by atoms with Crippen LogP contribution in [0.15, 0.2) is 24.3 Å². The summed E-state index contributed by atoms with van der Waals surface area (Å²) in [6, 6.07) is 8.24. The van der Waals surface area contributed by atoms with E-state index in [0.717, 1.165) is 30.5 Å². The first-order valence-corrected chi connectivity index (χ1v) is 6.56. The van der Waals surface area contributed by atoms with Gasteiger partial charge < -0.3 is 4.90 Å². The molecule has 0 aliphatic carbocycles. The lowest BCUT2D eigenvalue weighted by atomic mass is 10.1. The van der Waals surface area contributed by atoms with Crippen LogP contribution in [0.5, 0.6) is 0 Å². The van der Waals surface area contributed by atoms with Gasteiger partial charge in [0, 0.05) is 18.2 Å². The topological polar surface area (TPSA) is 20.3 Å². The van der Waals surface area contributed by atoms with Gasteiger partial charge in [-0.2, -0.15) is 0 Å². The van der Waals surface area contributed by atoms with Gasteiger partial charge in [-0.25, -0.2) is 0 Å². The molecular formula is C15H23NO. The van der Waals surface area contributed by atoms with Crippen molar-refractivity contribution < 1.29 is 4.79 Å². The molecule has 1 atom stereocenters. The van der Waals surface area contributed by atoms with E-state index in [1.54, 1.807) is 0 Å². The first kappa shape index (κ1) is 13.8. The Morgan fingerprint density at radius 2 is 2.06 bits per heavy atom. The van der Waals surface area contributed by atoms with E-state index in [1.807, 2.05) is 49.9 Å². The van der Waals surface area contributed by atoms with E-state index < -0.39 is 0 Å². The predicted molar refractivity (Wildman–Crippen MR) is 72.3 cm³/mol. The van der Waals surface area contributed by atoms with E-state index >= 15 is 0 Å². The van der Waals surface area contributed by atoms with Gasteiger partial charge in [0.05, 0.1) is 0 Å². The summed E-state index contributed by atoms with van der Waals surface area (Å²) in [5.74, 6) is 0.184.